The highest BCUT2D eigenvalue weighted by atomic mass is 16.5. The van der Waals surface area contributed by atoms with E-state index in [0.29, 0.717) is 31.5 Å². The van der Waals surface area contributed by atoms with Crippen molar-refractivity contribution in [3.63, 3.8) is 0 Å². The fourth-order valence-electron chi connectivity index (χ4n) is 4.22. The van der Waals surface area contributed by atoms with Crippen LogP contribution >= 0.6 is 0 Å². The number of morpholine rings is 1. The predicted molar refractivity (Wildman–Crippen MR) is 121 cm³/mol. The number of urea groups is 1. The molecular formula is C22H32N6O5. The lowest BCUT2D eigenvalue weighted by atomic mass is 10.1. The molecule has 1 aromatic rings. The molecule has 11 nitrogen and oxygen atoms in total. The van der Waals surface area contributed by atoms with E-state index < -0.39 is 30.2 Å². The van der Waals surface area contributed by atoms with Crippen molar-refractivity contribution < 1.29 is 24.2 Å². The number of carbonyl (C=O) groups excluding carboxylic acids is 2. The minimum atomic E-state index is -0.869. The van der Waals surface area contributed by atoms with Crippen molar-refractivity contribution in [2.24, 2.45) is 4.99 Å². The summed E-state index contributed by atoms with van der Waals surface area (Å²) in [6, 6.07) is 6.44. The number of guanidine groups is 1. The Labute approximate surface area is 193 Å². The van der Waals surface area contributed by atoms with E-state index in [9.17, 15) is 14.7 Å². The molecule has 3 heterocycles. The first-order chi connectivity index (χ1) is 15.9. The maximum Gasteiger partial charge on any atom is 0.325 e. The molecule has 0 aliphatic carbocycles. The number of aryl methyl sites for hydroxylation is 1. The van der Waals surface area contributed by atoms with E-state index in [0.717, 1.165) is 25.2 Å². The minimum absolute atomic E-state index is 0.0643. The maximum absolute atomic E-state index is 12.7. The fraction of sp³-hybridized carbons (Fsp3) is 0.591. The highest BCUT2D eigenvalue weighted by Gasteiger charge is 2.50. The van der Waals surface area contributed by atoms with Crippen LogP contribution in [0.1, 0.15) is 5.56 Å². The summed E-state index contributed by atoms with van der Waals surface area (Å²) in [7, 11) is 1.62. The number of aliphatic hydroxyl groups excluding tert-OH is 1. The molecule has 3 aliphatic rings. The van der Waals surface area contributed by atoms with E-state index in [1.54, 1.807) is 11.9 Å². The number of β-amino-alcohol motifs (C(OH)–C–C–N with tert-alkyl or cyclic N) is 1. The molecule has 0 aromatic heterocycles. The van der Waals surface area contributed by atoms with Crippen LogP contribution in [0.4, 0.5) is 4.79 Å². The summed E-state index contributed by atoms with van der Waals surface area (Å²) in [6.07, 6.45) is -1.43. The van der Waals surface area contributed by atoms with E-state index in [4.69, 9.17) is 9.47 Å². The summed E-state index contributed by atoms with van der Waals surface area (Å²) >= 11 is 0. The second-order valence-corrected chi connectivity index (χ2v) is 8.53. The molecule has 1 aromatic carbocycles. The lowest BCUT2D eigenvalue weighted by Crippen LogP contribution is -2.65. The number of aliphatic imine (C=N–C) groups is 1. The molecule has 3 amide bonds. The van der Waals surface area contributed by atoms with Crippen LogP contribution in [0.5, 0.6) is 5.75 Å². The standard InChI is InChI=1S/C22H32N6O5/c1-15-4-3-5-17(12-15)33-14-16(29)13-28-18-19(26(2)22(31)25-20(18)30)24-21(28)23-6-7-27-8-10-32-11-9-27/h3-5,12,16,18-19,29H,6-11,13-14H2,1-2H3,(H,23,24)(H,25,30,31). The van der Waals surface area contributed by atoms with E-state index in [-0.39, 0.29) is 13.2 Å². The molecule has 3 unspecified atom stereocenters. The molecule has 4 rings (SSSR count). The van der Waals surface area contributed by atoms with Gasteiger partial charge in [0.1, 0.15) is 24.6 Å². The lowest BCUT2D eigenvalue weighted by molar-refractivity contribution is -0.127. The Morgan fingerprint density at radius 2 is 2.09 bits per heavy atom. The van der Waals surface area contributed by atoms with E-state index >= 15 is 0 Å². The average Bonchev–Trinajstić information content (AvgIpc) is 3.15. The normalized spacial score (nSPS) is 25.6. The van der Waals surface area contributed by atoms with Gasteiger partial charge in [-0.1, -0.05) is 12.1 Å². The van der Waals surface area contributed by atoms with E-state index in [1.165, 1.54) is 4.90 Å². The van der Waals surface area contributed by atoms with Gasteiger partial charge in [0.2, 0.25) is 0 Å². The van der Waals surface area contributed by atoms with Crippen molar-refractivity contribution in [3.8, 4) is 5.75 Å². The van der Waals surface area contributed by atoms with Gasteiger partial charge >= 0.3 is 6.03 Å². The molecule has 3 saturated heterocycles. The molecule has 0 bridgehead atoms. The Bertz CT molecular complexity index is 890. The van der Waals surface area contributed by atoms with Gasteiger partial charge in [-0.3, -0.25) is 20.0 Å². The van der Waals surface area contributed by atoms with Gasteiger partial charge in [0, 0.05) is 26.7 Å². The van der Waals surface area contributed by atoms with Crippen molar-refractivity contribution >= 4 is 17.9 Å². The van der Waals surface area contributed by atoms with E-state index in [1.807, 2.05) is 31.2 Å². The second kappa shape index (κ2) is 10.4. The molecule has 3 aliphatic heterocycles. The first kappa shape index (κ1) is 23.3. The Morgan fingerprint density at radius 3 is 2.85 bits per heavy atom. The number of fused-ring (bicyclic) bond motifs is 1. The smallest absolute Gasteiger partial charge is 0.325 e. The van der Waals surface area contributed by atoms with Gasteiger partial charge in [0.15, 0.2) is 12.0 Å². The average molecular weight is 461 g/mol. The molecule has 0 spiro atoms. The highest BCUT2D eigenvalue weighted by molar-refractivity contribution is 6.04. The number of aliphatic hydroxyl groups is 1. The van der Waals surface area contributed by atoms with E-state index in [2.05, 4.69) is 20.5 Å². The van der Waals surface area contributed by atoms with Crippen molar-refractivity contribution in [2.75, 3.05) is 59.6 Å². The zero-order chi connectivity index (χ0) is 23.4. The van der Waals surface area contributed by atoms with Crippen LogP contribution in [-0.4, -0.2) is 116 Å². The molecular weight excluding hydrogens is 428 g/mol. The third-order valence-electron chi connectivity index (χ3n) is 6.04. The van der Waals surface area contributed by atoms with Crippen LogP contribution < -0.4 is 15.4 Å². The summed E-state index contributed by atoms with van der Waals surface area (Å²) in [6.45, 7) is 6.60. The van der Waals surface area contributed by atoms with Crippen LogP contribution in [-0.2, 0) is 9.53 Å². The van der Waals surface area contributed by atoms with Crippen LogP contribution in [0.3, 0.4) is 0 Å². The lowest BCUT2D eigenvalue weighted by Gasteiger charge is -2.35. The number of imide groups is 1. The third kappa shape index (κ3) is 5.55. The van der Waals surface area contributed by atoms with Crippen LogP contribution in [0.15, 0.2) is 29.3 Å². The number of ether oxygens (including phenoxy) is 2. The SMILES string of the molecule is Cc1cccc(OCC(O)CN2C(=NCCN3CCOCC3)NC3C2C(=O)NC(=O)N3C)c1. The zero-order valence-corrected chi connectivity index (χ0v) is 19.1. The van der Waals surface area contributed by atoms with Crippen LogP contribution in [0, 0.1) is 6.92 Å². The Hall–Kier alpha value is -2.89. The number of hydrogen-bond acceptors (Lipinski definition) is 7. The first-order valence-electron chi connectivity index (χ1n) is 11.3. The van der Waals surface area contributed by atoms with Gasteiger partial charge in [-0.2, -0.15) is 0 Å². The molecule has 180 valence electrons. The van der Waals surface area contributed by atoms with Gasteiger partial charge in [-0.15, -0.1) is 0 Å². The number of carbonyl (C=O) groups is 2. The summed E-state index contributed by atoms with van der Waals surface area (Å²) < 4.78 is 11.1. The molecule has 0 saturated carbocycles. The first-order valence-corrected chi connectivity index (χ1v) is 11.3. The van der Waals surface area contributed by atoms with Crippen molar-refractivity contribution in [2.45, 2.75) is 25.2 Å². The predicted octanol–water partition coefficient (Wildman–Crippen LogP) is -0.796. The highest BCUT2D eigenvalue weighted by Crippen LogP contribution is 2.21. The fourth-order valence-corrected chi connectivity index (χ4v) is 4.22. The minimum Gasteiger partial charge on any atom is -0.491 e. The molecule has 33 heavy (non-hydrogen) atoms. The van der Waals surface area contributed by atoms with Gasteiger partial charge < -0.3 is 29.7 Å². The number of nitrogens with one attached hydrogen (secondary N) is 2. The number of benzene rings is 1. The van der Waals surface area contributed by atoms with Gasteiger partial charge in [0.25, 0.3) is 5.91 Å². The third-order valence-corrected chi connectivity index (χ3v) is 6.04. The van der Waals surface area contributed by atoms with Gasteiger partial charge in [-0.25, -0.2) is 4.79 Å². The molecule has 3 atom stereocenters. The Kier molecular flexibility index (Phi) is 7.31. The molecule has 3 fully saturated rings. The molecule has 11 heteroatoms. The van der Waals surface area contributed by atoms with Crippen LogP contribution in [0.25, 0.3) is 0 Å². The van der Waals surface area contributed by atoms with Crippen LogP contribution in [0.2, 0.25) is 0 Å². The summed E-state index contributed by atoms with van der Waals surface area (Å²) in [5, 5.41) is 16.3. The Morgan fingerprint density at radius 1 is 1.30 bits per heavy atom. The van der Waals surface area contributed by atoms with Crippen molar-refractivity contribution in [1.29, 1.82) is 0 Å². The summed E-state index contributed by atoms with van der Waals surface area (Å²) in [5.74, 6) is 0.747. The molecule has 0 radical (unpaired) electrons. The Balaban J connectivity index is 1.43. The summed E-state index contributed by atoms with van der Waals surface area (Å²) in [5.41, 5.74) is 1.06. The molecule has 3 N–H and O–H groups in total. The number of nitrogens with zero attached hydrogens (tertiary/aromatic N) is 4. The number of hydrogen-bond donors (Lipinski definition) is 3. The number of rotatable bonds is 8. The quantitative estimate of drug-likeness (QED) is 0.462. The summed E-state index contributed by atoms with van der Waals surface area (Å²) in [4.78, 5) is 34.9. The van der Waals surface area contributed by atoms with Gasteiger partial charge in [0.05, 0.1) is 26.3 Å². The number of likely N-dealkylation sites (N-methyl/N-ethyl adjacent to an activating group) is 1. The topological polar surface area (TPSA) is 119 Å². The zero-order valence-electron chi connectivity index (χ0n) is 19.1. The largest absolute Gasteiger partial charge is 0.491 e. The maximum atomic E-state index is 12.7. The van der Waals surface area contributed by atoms with Crippen molar-refractivity contribution in [1.82, 2.24) is 25.3 Å². The van der Waals surface area contributed by atoms with Crippen molar-refractivity contribution in [3.05, 3.63) is 29.8 Å². The van der Waals surface area contributed by atoms with Gasteiger partial charge in [-0.05, 0) is 24.6 Å². The second-order valence-electron chi connectivity index (χ2n) is 8.53. The monoisotopic (exact) mass is 460 g/mol. The number of amides is 3.